The van der Waals surface area contributed by atoms with Gasteiger partial charge in [-0.15, -0.1) is 0 Å². The van der Waals surface area contributed by atoms with E-state index >= 15 is 0 Å². The van der Waals surface area contributed by atoms with Crippen molar-refractivity contribution >= 4 is 57.1 Å². The minimum absolute atomic E-state index is 0.0364. The number of anilines is 2. The van der Waals surface area contributed by atoms with Crippen LogP contribution in [0.25, 0.3) is 21.8 Å². The number of carbonyl (C=O) groups excluding carboxylic acids is 4. The van der Waals surface area contributed by atoms with Crippen molar-refractivity contribution in [3.8, 4) is 6.01 Å². The number of amides is 4. The number of carbonyl (C=O) groups is 4. The molecule has 190 valence electrons. The number of hydrogen-bond donors (Lipinski definition) is 0. The lowest BCUT2D eigenvalue weighted by Crippen LogP contribution is -2.50. The topological polar surface area (TPSA) is 128 Å². The molecule has 4 aromatic rings. The molecule has 0 radical (unpaired) electrons. The molecule has 4 unspecified atom stereocenters. The summed E-state index contributed by atoms with van der Waals surface area (Å²) in [5.41, 5.74) is 2.51. The first-order valence-corrected chi connectivity index (χ1v) is 12.4. The highest BCUT2D eigenvalue weighted by Crippen LogP contribution is 2.57. The molecule has 2 aromatic carbocycles. The van der Waals surface area contributed by atoms with Crippen molar-refractivity contribution in [2.75, 3.05) is 16.9 Å². The Morgan fingerprint density at radius 2 is 1.37 bits per heavy atom. The van der Waals surface area contributed by atoms with Crippen LogP contribution in [0, 0.1) is 30.6 Å². The molecule has 3 fully saturated rings. The fraction of sp³-hybridized carbons (Fsp3) is 0.296. The standard InChI is InChI=1S/C27H22N6O5/c1-4-31-16-8-6-5-7-14(16)15-11-13(9-10-17(15)31)32-22(34)18-19(23(32)35)21-20(18)24(36)33(25(21)37)26-28-12(2)29-27(30-26)38-3/h5-11,18-21H,4H2,1-3H3. The third kappa shape index (κ3) is 2.70. The molecule has 11 heteroatoms. The zero-order valence-electron chi connectivity index (χ0n) is 20.8. The van der Waals surface area contributed by atoms with E-state index in [-0.39, 0.29) is 17.8 Å². The zero-order chi connectivity index (χ0) is 26.5. The van der Waals surface area contributed by atoms with Gasteiger partial charge in [0.15, 0.2) is 0 Å². The van der Waals surface area contributed by atoms with E-state index < -0.39 is 47.3 Å². The van der Waals surface area contributed by atoms with Crippen LogP contribution in [-0.4, -0.2) is 50.3 Å². The molecule has 7 rings (SSSR count). The second kappa shape index (κ2) is 7.67. The Morgan fingerprint density at radius 3 is 2.00 bits per heavy atom. The van der Waals surface area contributed by atoms with Crippen LogP contribution in [0.5, 0.6) is 6.01 Å². The second-order valence-corrected chi connectivity index (χ2v) is 9.76. The van der Waals surface area contributed by atoms with E-state index in [4.69, 9.17) is 4.74 Å². The average Bonchev–Trinajstić information content (AvgIpc) is 3.39. The molecule has 4 heterocycles. The van der Waals surface area contributed by atoms with E-state index in [1.165, 1.54) is 7.11 Å². The summed E-state index contributed by atoms with van der Waals surface area (Å²) in [6.07, 6.45) is 0. The summed E-state index contributed by atoms with van der Waals surface area (Å²) < 4.78 is 7.23. The van der Waals surface area contributed by atoms with E-state index in [1.54, 1.807) is 13.0 Å². The first-order chi connectivity index (χ1) is 18.3. The minimum atomic E-state index is -0.928. The largest absolute Gasteiger partial charge is 0.467 e. The van der Waals surface area contributed by atoms with E-state index in [0.29, 0.717) is 5.69 Å². The number of methoxy groups -OCH3 is 1. The fourth-order valence-electron chi connectivity index (χ4n) is 6.40. The van der Waals surface area contributed by atoms with Crippen molar-refractivity contribution in [2.45, 2.75) is 20.4 Å². The molecule has 2 saturated heterocycles. The molecule has 2 aromatic heterocycles. The summed E-state index contributed by atoms with van der Waals surface area (Å²) in [7, 11) is 1.36. The molecule has 4 amide bonds. The van der Waals surface area contributed by atoms with Gasteiger partial charge in [-0.1, -0.05) is 18.2 Å². The fourth-order valence-corrected chi connectivity index (χ4v) is 6.40. The number of nitrogens with zero attached hydrogens (tertiary/aromatic N) is 6. The summed E-state index contributed by atoms with van der Waals surface area (Å²) >= 11 is 0. The summed E-state index contributed by atoms with van der Waals surface area (Å²) in [6.45, 7) is 4.42. The van der Waals surface area contributed by atoms with Gasteiger partial charge < -0.3 is 9.30 Å². The maximum atomic E-state index is 13.6. The monoisotopic (exact) mass is 510 g/mol. The maximum absolute atomic E-state index is 13.6. The SMILES string of the molecule is CCn1c2ccccc2c2cc(N3C(=O)C4C(C3=O)C3C(=O)N(c5nc(C)nc(OC)n5)C(=O)C43)ccc21. The van der Waals surface area contributed by atoms with Crippen molar-refractivity contribution < 1.29 is 23.9 Å². The highest BCUT2D eigenvalue weighted by atomic mass is 16.5. The Hall–Kier alpha value is -4.67. The van der Waals surface area contributed by atoms with Crippen LogP contribution in [0.4, 0.5) is 11.6 Å². The predicted molar refractivity (Wildman–Crippen MR) is 135 cm³/mol. The van der Waals surface area contributed by atoms with Gasteiger partial charge in [-0.25, -0.2) is 9.80 Å². The van der Waals surface area contributed by atoms with Crippen LogP contribution < -0.4 is 14.5 Å². The number of benzene rings is 2. The molecule has 1 saturated carbocycles. The van der Waals surface area contributed by atoms with E-state index in [1.807, 2.05) is 36.4 Å². The van der Waals surface area contributed by atoms with E-state index in [2.05, 4.69) is 26.4 Å². The third-order valence-electron chi connectivity index (χ3n) is 8.00. The number of aromatic nitrogens is 4. The van der Waals surface area contributed by atoms with Crippen molar-refractivity contribution in [2.24, 2.45) is 23.7 Å². The first-order valence-electron chi connectivity index (χ1n) is 12.4. The average molecular weight is 511 g/mol. The van der Waals surface area contributed by atoms with Gasteiger partial charge in [-0.05, 0) is 38.1 Å². The van der Waals surface area contributed by atoms with Crippen LogP contribution >= 0.6 is 0 Å². The number of hydrogen-bond acceptors (Lipinski definition) is 8. The van der Waals surface area contributed by atoms with Gasteiger partial charge in [0, 0.05) is 28.4 Å². The number of imide groups is 2. The number of fused-ring (bicyclic) bond motifs is 7. The van der Waals surface area contributed by atoms with E-state index in [0.717, 1.165) is 38.2 Å². The predicted octanol–water partition coefficient (Wildman–Crippen LogP) is 2.24. The number of rotatable bonds is 4. The summed E-state index contributed by atoms with van der Waals surface area (Å²) in [4.78, 5) is 68.1. The first kappa shape index (κ1) is 22.5. The minimum Gasteiger partial charge on any atom is -0.467 e. The summed E-state index contributed by atoms with van der Waals surface area (Å²) in [6, 6.07) is 13.4. The van der Waals surface area contributed by atoms with E-state index in [9.17, 15) is 19.2 Å². The molecular formula is C27H22N6O5. The lowest BCUT2D eigenvalue weighted by atomic mass is 9.59. The molecule has 1 aliphatic carbocycles. The van der Waals surface area contributed by atoms with Crippen LogP contribution in [0.15, 0.2) is 42.5 Å². The molecule has 38 heavy (non-hydrogen) atoms. The van der Waals surface area contributed by atoms with Gasteiger partial charge in [-0.2, -0.15) is 15.0 Å². The Labute approximate surface area is 216 Å². The smallest absolute Gasteiger partial charge is 0.321 e. The molecule has 0 spiro atoms. The van der Waals surface area contributed by atoms with Crippen molar-refractivity contribution in [1.29, 1.82) is 0 Å². The Kier molecular flexibility index (Phi) is 4.54. The van der Waals surface area contributed by atoms with Gasteiger partial charge in [0.1, 0.15) is 5.82 Å². The summed E-state index contributed by atoms with van der Waals surface area (Å²) in [5.74, 6) is -5.64. The third-order valence-corrected chi connectivity index (χ3v) is 8.00. The van der Waals surface area contributed by atoms with Crippen LogP contribution in [0.3, 0.4) is 0 Å². The molecule has 11 nitrogen and oxygen atoms in total. The number of aryl methyl sites for hydroxylation is 2. The highest BCUT2D eigenvalue weighted by Gasteiger charge is 2.74. The van der Waals surface area contributed by atoms with Gasteiger partial charge in [0.25, 0.3) is 0 Å². The van der Waals surface area contributed by atoms with Crippen LogP contribution in [0.2, 0.25) is 0 Å². The van der Waals surface area contributed by atoms with Gasteiger partial charge in [-0.3, -0.25) is 19.2 Å². The Bertz CT molecular complexity index is 1700. The molecule has 0 bridgehead atoms. The quantitative estimate of drug-likeness (QED) is 0.383. The molecule has 2 aliphatic heterocycles. The number of ether oxygens (including phenoxy) is 1. The summed E-state index contributed by atoms with van der Waals surface area (Å²) in [5, 5.41) is 1.95. The highest BCUT2D eigenvalue weighted by molar-refractivity contribution is 6.32. The Balaban J connectivity index is 1.25. The lowest BCUT2D eigenvalue weighted by Gasteiger charge is -2.36. The van der Waals surface area contributed by atoms with Gasteiger partial charge in [0.2, 0.25) is 29.6 Å². The molecule has 0 N–H and O–H groups in total. The van der Waals surface area contributed by atoms with Crippen LogP contribution in [0.1, 0.15) is 12.7 Å². The molecule has 4 atom stereocenters. The molecule has 3 aliphatic rings. The van der Waals surface area contributed by atoms with Gasteiger partial charge in [0.05, 0.1) is 36.5 Å². The lowest BCUT2D eigenvalue weighted by molar-refractivity contribution is -0.146. The normalized spacial score (nSPS) is 24.4. The van der Waals surface area contributed by atoms with Gasteiger partial charge >= 0.3 is 6.01 Å². The number of para-hydroxylation sites is 1. The van der Waals surface area contributed by atoms with Crippen LogP contribution in [-0.2, 0) is 25.7 Å². The van der Waals surface area contributed by atoms with Crippen molar-refractivity contribution in [3.63, 3.8) is 0 Å². The van der Waals surface area contributed by atoms with Crippen molar-refractivity contribution in [3.05, 3.63) is 48.3 Å². The van der Waals surface area contributed by atoms with Crippen molar-refractivity contribution in [1.82, 2.24) is 19.5 Å². The molecular weight excluding hydrogens is 488 g/mol. The maximum Gasteiger partial charge on any atom is 0.321 e. The zero-order valence-corrected chi connectivity index (χ0v) is 20.8. The Morgan fingerprint density at radius 1 is 0.763 bits per heavy atom. The second-order valence-electron chi connectivity index (χ2n) is 9.76.